The van der Waals surface area contributed by atoms with Crippen LogP contribution < -0.4 is 10.6 Å². The van der Waals surface area contributed by atoms with Crippen LogP contribution in [0.15, 0.2) is 34.6 Å². The van der Waals surface area contributed by atoms with Crippen molar-refractivity contribution in [3.63, 3.8) is 0 Å². The van der Waals surface area contributed by atoms with Crippen molar-refractivity contribution in [3.05, 3.63) is 40.9 Å². The molecule has 168 valence electrons. The molecule has 1 atom stereocenters. The van der Waals surface area contributed by atoms with Gasteiger partial charge in [0.15, 0.2) is 10.3 Å². The van der Waals surface area contributed by atoms with E-state index in [9.17, 15) is 14.4 Å². The highest BCUT2D eigenvalue weighted by Gasteiger charge is 2.33. The topological polar surface area (TPSA) is 104 Å². The number of hydrogen-bond acceptors (Lipinski definition) is 7. The lowest BCUT2D eigenvalue weighted by Gasteiger charge is -2.16. The molecule has 4 rings (SSSR count). The standard InChI is InChI=1S/C22H25N5O3S2/c1-13(2)16-12-31-21(24-16)25-19(29)14-5-7-15(8-6-14)23-18(28)11-17-20(30)26-22(32-17)27-9-3-4-10-27/h5-8,12-13,17H,3-4,9-11H2,1-2H3,(H,23,28)(H,24,25,29)/t17-/m1/s1. The first-order chi connectivity index (χ1) is 15.4. The van der Waals surface area contributed by atoms with Gasteiger partial charge >= 0.3 is 0 Å². The van der Waals surface area contributed by atoms with E-state index in [1.807, 2.05) is 5.38 Å². The number of amidine groups is 1. The summed E-state index contributed by atoms with van der Waals surface area (Å²) in [5.41, 5.74) is 1.98. The minimum absolute atomic E-state index is 0.0643. The first-order valence-electron chi connectivity index (χ1n) is 10.6. The fourth-order valence-corrected chi connectivity index (χ4v) is 5.40. The summed E-state index contributed by atoms with van der Waals surface area (Å²) in [6.07, 6.45) is 2.28. The lowest BCUT2D eigenvalue weighted by molar-refractivity contribution is -0.121. The fourth-order valence-electron chi connectivity index (χ4n) is 3.42. The van der Waals surface area contributed by atoms with Crippen molar-refractivity contribution >= 4 is 56.8 Å². The van der Waals surface area contributed by atoms with Crippen molar-refractivity contribution < 1.29 is 14.4 Å². The van der Waals surface area contributed by atoms with Gasteiger partial charge in [-0.15, -0.1) is 11.3 Å². The number of benzene rings is 1. The summed E-state index contributed by atoms with van der Waals surface area (Å²) in [6, 6.07) is 6.63. The van der Waals surface area contributed by atoms with Crippen LogP contribution in [0.1, 0.15) is 55.1 Å². The number of aromatic nitrogens is 1. The van der Waals surface area contributed by atoms with Gasteiger partial charge in [0.2, 0.25) is 5.91 Å². The average Bonchev–Trinajstić information content (AvgIpc) is 3.50. The molecule has 8 nitrogen and oxygen atoms in total. The molecule has 0 spiro atoms. The Morgan fingerprint density at radius 3 is 2.53 bits per heavy atom. The summed E-state index contributed by atoms with van der Waals surface area (Å²) in [5.74, 6) is -0.458. The maximum atomic E-state index is 12.4. The van der Waals surface area contributed by atoms with Crippen LogP contribution in [0.5, 0.6) is 0 Å². The Balaban J connectivity index is 1.28. The minimum Gasteiger partial charge on any atom is -0.351 e. The van der Waals surface area contributed by atoms with E-state index in [0.29, 0.717) is 22.3 Å². The number of amides is 3. The molecular weight excluding hydrogens is 446 g/mol. The van der Waals surface area contributed by atoms with E-state index in [2.05, 4.69) is 39.4 Å². The van der Waals surface area contributed by atoms with Crippen LogP contribution in [0.4, 0.5) is 10.8 Å². The van der Waals surface area contributed by atoms with Crippen LogP contribution in [-0.2, 0) is 9.59 Å². The number of carbonyl (C=O) groups is 3. The van der Waals surface area contributed by atoms with Gasteiger partial charge in [0, 0.05) is 36.1 Å². The zero-order chi connectivity index (χ0) is 22.7. The number of nitrogens with one attached hydrogen (secondary N) is 2. The molecule has 1 aromatic heterocycles. The number of carbonyl (C=O) groups excluding carboxylic acids is 3. The Kier molecular flexibility index (Phi) is 6.90. The van der Waals surface area contributed by atoms with Gasteiger partial charge in [0.1, 0.15) is 5.25 Å². The van der Waals surface area contributed by atoms with Crippen molar-refractivity contribution in [2.45, 2.75) is 44.3 Å². The highest BCUT2D eigenvalue weighted by molar-refractivity contribution is 8.15. The Morgan fingerprint density at radius 2 is 1.88 bits per heavy atom. The average molecular weight is 472 g/mol. The minimum atomic E-state index is -0.482. The number of likely N-dealkylation sites (tertiary alicyclic amines) is 1. The van der Waals surface area contributed by atoms with Crippen molar-refractivity contribution in [2.24, 2.45) is 4.99 Å². The van der Waals surface area contributed by atoms with Gasteiger partial charge in [0.05, 0.1) is 5.69 Å². The lowest BCUT2D eigenvalue weighted by Crippen LogP contribution is -2.25. The summed E-state index contributed by atoms with van der Waals surface area (Å²) >= 11 is 2.77. The summed E-state index contributed by atoms with van der Waals surface area (Å²) in [5, 5.41) is 8.34. The van der Waals surface area contributed by atoms with Gasteiger partial charge in [-0.05, 0) is 43.0 Å². The van der Waals surface area contributed by atoms with Crippen LogP contribution in [0.2, 0.25) is 0 Å². The second-order valence-electron chi connectivity index (χ2n) is 8.05. The largest absolute Gasteiger partial charge is 0.351 e. The van der Waals surface area contributed by atoms with Gasteiger partial charge < -0.3 is 10.2 Å². The Morgan fingerprint density at radius 1 is 1.16 bits per heavy atom. The molecule has 2 N–H and O–H groups in total. The van der Waals surface area contributed by atoms with Crippen LogP contribution in [0.25, 0.3) is 0 Å². The second-order valence-corrected chi connectivity index (χ2v) is 10.1. The van der Waals surface area contributed by atoms with E-state index in [1.165, 1.54) is 23.1 Å². The van der Waals surface area contributed by atoms with E-state index in [1.54, 1.807) is 24.3 Å². The maximum Gasteiger partial charge on any atom is 0.262 e. The molecule has 0 radical (unpaired) electrons. The van der Waals surface area contributed by atoms with Crippen LogP contribution in [-0.4, -0.2) is 51.1 Å². The maximum absolute atomic E-state index is 12.4. The van der Waals surface area contributed by atoms with Crippen LogP contribution in [0, 0.1) is 0 Å². The monoisotopic (exact) mass is 471 g/mol. The molecular formula is C22H25N5O3S2. The third kappa shape index (κ3) is 5.36. The number of hydrogen-bond donors (Lipinski definition) is 2. The number of aliphatic imine (C=N–C) groups is 1. The molecule has 32 heavy (non-hydrogen) atoms. The van der Waals surface area contributed by atoms with E-state index in [4.69, 9.17) is 0 Å². The van der Waals surface area contributed by atoms with Crippen LogP contribution >= 0.6 is 23.1 Å². The zero-order valence-corrected chi connectivity index (χ0v) is 19.6. The van der Waals surface area contributed by atoms with E-state index in [0.717, 1.165) is 36.8 Å². The molecule has 0 aliphatic carbocycles. The molecule has 0 unspecified atom stereocenters. The molecule has 2 aliphatic rings. The van der Waals surface area contributed by atoms with Gasteiger partial charge in [-0.2, -0.15) is 4.99 Å². The summed E-state index contributed by atoms with van der Waals surface area (Å²) in [7, 11) is 0. The summed E-state index contributed by atoms with van der Waals surface area (Å²) in [4.78, 5) is 47.7. The molecule has 3 heterocycles. The van der Waals surface area contributed by atoms with Gasteiger partial charge in [-0.3, -0.25) is 19.7 Å². The Bertz CT molecular complexity index is 1040. The predicted octanol–water partition coefficient (Wildman–Crippen LogP) is 3.94. The van der Waals surface area contributed by atoms with Crippen molar-refractivity contribution in [2.75, 3.05) is 23.7 Å². The molecule has 2 aliphatic heterocycles. The molecule has 2 aromatic rings. The SMILES string of the molecule is CC(C)c1csc(NC(=O)c2ccc(NC(=O)C[C@H]3SC(N4CCCC4)=NC3=O)cc2)n1. The van der Waals surface area contributed by atoms with Crippen molar-refractivity contribution in [1.82, 2.24) is 9.88 Å². The normalized spacial score (nSPS) is 18.2. The third-order valence-electron chi connectivity index (χ3n) is 5.24. The molecule has 10 heteroatoms. The predicted molar refractivity (Wildman–Crippen MR) is 128 cm³/mol. The molecule has 1 saturated heterocycles. The second kappa shape index (κ2) is 9.83. The highest BCUT2D eigenvalue weighted by Crippen LogP contribution is 2.29. The number of anilines is 2. The zero-order valence-electron chi connectivity index (χ0n) is 18.0. The number of thiazole rings is 1. The first kappa shape index (κ1) is 22.5. The van der Waals surface area contributed by atoms with Gasteiger partial charge in [-0.25, -0.2) is 4.98 Å². The van der Waals surface area contributed by atoms with Crippen molar-refractivity contribution in [1.29, 1.82) is 0 Å². The number of rotatable bonds is 6. The van der Waals surface area contributed by atoms with Gasteiger partial charge in [0.25, 0.3) is 11.8 Å². The molecule has 3 amide bonds. The molecule has 0 saturated carbocycles. The van der Waals surface area contributed by atoms with Gasteiger partial charge in [-0.1, -0.05) is 25.6 Å². The highest BCUT2D eigenvalue weighted by atomic mass is 32.2. The molecule has 1 fully saturated rings. The lowest BCUT2D eigenvalue weighted by atomic mass is 10.2. The Labute approximate surface area is 194 Å². The third-order valence-corrected chi connectivity index (χ3v) is 7.23. The quantitative estimate of drug-likeness (QED) is 0.661. The Hall–Kier alpha value is -2.72. The fraction of sp³-hybridized carbons (Fsp3) is 0.409. The number of nitrogens with zero attached hydrogens (tertiary/aromatic N) is 3. The summed E-state index contributed by atoms with van der Waals surface area (Å²) < 4.78 is 0. The molecule has 0 bridgehead atoms. The van der Waals surface area contributed by atoms with Crippen LogP contribution in [0.3, 0.4) is 0 Å². The van der Waals surface area contributed by atoms with E-state index >= 15 is 0 Å². The van der Waals surface area contributed by atoms with E-state index < -0.39 is 5.25 Å². The van der Waals surface area contributed by atoms with Crippen molar-refractivity contribution in [3.8, 4) is 0 Å². The number of thioether (sulfide) groups is 1. The summed E-state index contributed by atoms with van der Waals surface area (Å²) in [6.45, 7) is 5.93. The smallest absolute Gasteiger partial charge is 0.262 e. The van der Waals surface area contributed by atoms with E-state index in [-0.39, 0.29) is 24.1 Å². The first-order valence-corrected chi connectivity index (χ1v) is 12.4. The molecule has 1 aromatic carbocycles.